The minimum absolute atomic E-state index is 0.0236. The highest BCUT2D eigenvalue weighted by molar-refractivity contribution is 7.85. The second kappa shape index (κ2) is 9.00. The van der Waals surface area contributed by atoms with E-state index in [0.29, 0.717) is 18.5 Å². The van der Waals surface area contributed by atoms with Crippen molar-refractivity contribution in [1.29, 1.82) is 0 Å². The zero-order valence-corrected chi connectivity index (χ0v) is 21.0. The Balaban J connectivity index is 1.26. The predicted molar refractivity (Wildman–Crippen MR) is 136 cm³/mol. The van der Waals surface area contributed by atoms with Gasteiger partial charge in [-0.3, -0.25) is 4.55 Å². The molecule has 2 bridgehead atoms. The van der Waals surface area contributed by atoms with Gasteiger partial charge in [0.1, 0.15) is 35.7 Å². The van der Waals surface area contributed by atoms with Crippen LogP contribution in [0.5, 0.6) is 5.75 Å². The van der Waals surface area contributed by atoms with Crippen LogP contribution in [0.1, 0.15) is 57.4 Å². The highest BCUT2D eigenvalue weighted by Gasteiger charge is 2.46. The maximum Gasteiger partial charge on any atom is 0.265 e. The van der Waals surface area contributed by atoms with Crippen LogP contribution in [0, 0.1) is 5.92 Å². The number of rotatable bonds is 7. The Hall–Kier alpha value is -2.69. The third-order valence-corrected chi connectivity index (χ3v) is 9.09. The Kier molecular flexibility index (Phi) is 5.93. The molecule has 1 saturated carbocycles. The van der Waals surface area contributed by atoms with Crippen molar-refractivity contribution >= 4 is 27.0 Å². The molecule has 4 heterocycles. The number of hydrogen-bond acceptors (Lipinski definition) is 7. The van der Waals surface area contributed by atoms with Crippen LogP contribution in [-0.4, -0.2) is 51.6 Å². The number of nitrogens with two attached hydrogens (primary N) is 1. The first-order valence-corrected chi connectivity index (χ1v) is 14.4. The fraction of sp³-hybridized carbons (Fsp3) is 0.538. The van der Waals surface area contributed by atoms with Gasteiger partial charge in [0.2, 0.25) is 0 Å². The van der Waals surface area contributed by atoms with E-state index in [4.69, 9.17) is 15.2 Å². The number of ether oxygens (including phenoxy) is 2. The molecule has 6 rings (SSSR count). The van der Waals surface area contributed by atoms with Crippen molar-refractivity contribution in [2.75, 3.05) is 18.1 Å². The fourth-order valence-electron chi connectivity index (χ4n) is 6.35. The van der Waals surface area contributed by atoms with Crippen LogP contribution >= 0.6 is 0 Å². The Morgan fingerprint density at radius 2 is 1.92 bits per heavy atom. The maximum absolute atomic E-state index is 11.3. The van der Waals surface area contributed by atoms with Crippen LogP contribution in [0.15, 0.2) is 36.8 Å². The summed E-state index contributed by atoms with van der Waals surface area (Å²) in [5.41, 5.74) is 8.91. The summed E-state index contributed by atoms with van der Waals surface area (Å²) in [6.45, 7) is 0.562. The van der Waals surface area contributed by atoms with E-state index in [1.807, 2.05) is 24.3 Å². The highest BCUT2D eigenvalue weighted by atomic mass is 32.2. The van der Waals surface area contributed by atoms with E-state index in [2.05, 4.69) is 20.7 Å². The number of nitrogen functional groups attached to an aromatic ring is 1. The predicted octanol–water partition coefficient (Wildman–Crippen LogP) is 4.39. The van der Waals surface area contributed by atoms with Crippen molar-refractivity contribution in [1.82, 2.24) is 14.5 Å². The molecule has 1 aliphatic carbocycles. The van der Waals surface area contributed by atoms with Crippen molar-refractivity contribution < 1.29 is 22.4 Å². The summed E-state index contributed by atoms with van der Waals surface area (Å²) in [7, 11) is -3.96. The molecule has 3 fully saturated rings. The van der Waals surface area contributed by atoms with Crippen molar-refractivity contribution in [3.63, 3.8) is 0 Å². The van der Waals surface area contributed by atoms with Crippen molar-refractivity contribution in [2.45, 2.75) is 69.1 Å². The first-order chi connectivity index (χ1) is 17.3. The number of hydrogen-bond donors (Lipinski definition) is 2. The van der Waals surface area contributed by atoms with Crippen LogP contribution in [-0.2, 0) is 14.9 Å². The molecule has 0 amide bonds. The lowest BCUT2D eigenvalue weighted by Gasteiger charge is -2.29. The lowest BCUT2D eigenvalue weighted by molar-refractivity contribution is -0.0198. The molecule has 0 atom stereocenters. The van der Waals surface area contributed by atoms with Gasteiger partial charge in [-0.15, -0.1) is 0 Å². The first kappa shape index (κ1) is 23.7. The molecule has 1 aromatic carbocycles. The summed E-state index contributed by atoms with van der Waals surface area (Å²) in [6, 6.07) is 8.20. The Morgan fingerprint density at radius 1 is 1.14 bits per heavy atom. The van der Waals surface area contributed by atoms with Gasteiger partial charge in [-0.2, -0.15) is 8.42 Å². The smallest absolute Gasteiger partial charge is 0.265 e. The van der Waals surface area contributed by atoms with E-state index in [-0.39, 0.29) is 23.3 Å². The summed E-state index contributed by atoms with van der Waals surface area (Å²) in [4.78, 5) is 8.82. The zero-order valence-electron chi connectivity index (χ0n) is 20.2. The minimum Gasteiger partial charge on any atom is -0.491 e. The average molecular weight is 513 g/mol. The van der Waals surface area contributed by atoms with Gasteiger partial charge in [0.15, 0.2) is 0 Å². The summed E-state index contributed by atoms with van der Waals surface area (Å²) in [5.74, 6) is 1.02. The van der Waals surface area contributed by atoms with E-state index >= 15 is 0 Å². The van der Waals surface area contributed by atoms with Crippen LogP contribution < -0.4 is 10.5 Å². The molecule has 0 unspecified atom stereocenters. The summed E-state index contributed by atoms with van der Waals surface area (Å²) < 4.78 is 46.4. The quantitative estimate of drug-likeness (QED) is 0.446. The first-order valence-electron chi connectivity index (χ1n) is 12.8. The van der Waals surface area contributed by atoms with Crippen molar-refractivity contribution in [3.05, 3.63) is 36.8 Å². The second-order valence-corrected chi connectivity index (χ2v) is 12.1. The van der Waals surface area contributed by atoms with E-state index in [1.165, 1.54) is 6.33 Å². The number of aromatic nitrogens is 3. The summed E-state index contributed by atoms with van der Waals surface area (Å²) >= 11 is 0. The molecule has 2 aliphatic heterocycles. The number of anilines is 1. The molecule has 192 valence electrons. The molecule has 0 spiro atoms. The molecular formula is C26H32N4O5S. The Morgan fingerprint density at radius 3 is 2.61 bits per heavy atom. The SMILES string of the molecule is Nc1ncnc2c1c(-c1cccc(OCC34CCC(CC3)O4)c1)cn2C1CCC(CS(=O)(=O)O)CC1. The van der Waals surface area contributed by atoms with E-state index in [9.17, 15) is 13.0 Å². The largest absolute Gasteiger partial charge is 0.491 e. The molecule has 2 aromatic heterocycles. The molecule has 2 saturated heterocycles. The minimum atomic E-state index is -3.96. The van der Waals surface area contributed by atoms with E-state index in [0.717, 1.165) is 79.3 Å². The Labute approximate surface area is 210 Å². The molecule has 0 radical (unpaired) electrons. The van der Waals surface area contributed by atoms with Gasteiger partial charge >= 0.3 is 0 Å². The number of nitrogens with zero attached hydrogens (tertiary/aromatic N) is 3. The fourth-order valence-corrected chi connectivity index (χ4v) is 7.28. The van der Waals surface area contributed by atoms with Crippen LogP contribution in [0.4, 0.5) is 5.82 Å². The molecule has 3 N–H and O–H groups in total. The van der Waals surface area contributed by atoms with Gasteiger partial charge in [0.25, 0.3) is 10.1 Å². The van der Waals surface area contributed by atoms with Gasteiger partial charge < -0.3 is 19.8 Å². The van der Waals surface area contributed by atoms with E-state index < -0.39 is 10.1 Å². The number of fused-ring (bicyclic) bond motifs is 3. The van der Waals surface area contributed by atoms with Crippen LogP contribution in [0.2, 0.25) is 0 Å². The van der Waals surface area contributed by atoms with Gasteiger partial charge in [-0.1, -0.05) is 12.1 Å². The standard InChI is InChI=1S/C26H32N4O5S/c27-24-23-22(18-2-1-3-21(12-18)34-15-26-10-8-20(35-26)9-11-26)13-30(25(23)29-16-28-24)19-6-4-17(5-7-19)14-36(31,32)33/h1-3,12-13,16-17,19-20H,4-11,14-15H2,(H2,27,28,29)(H,31,32,33). The maximum atomic E-state index is 11.3. The summed E-state index contributed by atoms with van der Waals surface area (Å²) in [6.07, 6.45) is 11.4. The molecule has 9 nitrogen and oxygen atoms in total. The monoisotopic (exact) mass is 512 g/mol. The van der Waals surface area contributed by atoms with Crippen LogP contribution in [0.3, 0.4) is 0 Å². The van der Waals surface area contributed by atoms with Crippen molar-refractivity contribution in [2.24, 2.45) is 5.92 Å². The summed E-state index contributed by atoms with van der Waals surface area (Å²) in [5, 5.41) is 0.811. The molecule has 36 heavy (non-hydrogen) atoms. The normalized spacial score (nSPS) is 28.1. The van der Waals surface area contributed by atoms with Gasteiger partial charge in [-0.05, 0) is 75.0 Å². The topological polar surface area (TPSA) is 130 Å². The third-order valence-electron chi connectivity index (χ3n) is 8.20. The Bertz CT molecular complexity index is 1370. The molecule has 3 aliphatic rings. The molecule has 10 heteroatoms. The van der Waals surface area contributed by atoms with Crippen molar-refractivity contribution in [3.8, 4) is 16.9 Å². The second-order valence-electron chi connectivity index (χ2n) is 10.6. The molecular weight excluding hydrogens is 480 g/mol. The average Bonchev–Trinajstić information content (AvgIpc) is 3.57. The zero-order chi connectivity index (χ0) is 24.9. The molecule has 3 aromatic rings. The lowest BCUT2D eigenvalue weighted by Crippen LogP contribution is -2.32. The van der Waals surface area contributed by atoms with E-state index in [1.54, 1.807) is 0 Å². The lowest BCUT2D eigenvalue weighted by atomic mass is 9.87. The van der Waals surface area contributed by atoms with Gasteiger partial charge in [0, 0.05) is 17.8 Å². The third kappa shape index (κ3) is 4.57. The van der Waals surface area contributed by atoms with Crippen LogP contribution in [0.25, 0.3) is 22.2 Å². The van der Waals surface area contributed by atoms with Gasteiger partial charge in [0.05, 0.1) is 17.2 Å². The number of benzene rings is 1. The van der Waals surface area contributed by atoms with Gasteiger partial charge in [-0.25, -0.2) is 9.97 Å². The highest BCUT2D eigenvalue weighted by Crippen LogP contribution is 2.44.